The number of carbonyl (C=O) groups is 2. The molecule has 0 radical (unpaired) electrons. The molecule has 0 aromatic rings. The van der Waals surface area contributed by atoms with Gasteiger partial charge in [0.15, 0.2) is 0 Å². The normalized spacial score (nSPS) is 13.0. The van der Waals surface area contributed by atoms with E-state index < -0.39 is 23.5 Å². The van der Waals surface area contributed by atoms with E-state index in [1.54, 1.807) is 20.8 Å². The standard InChI is InChI=1S/C11H17ClO4/c1-7(12)5-8(10(14)15)6-9(13)16-11(2,3)4/h8H,1,5-6H2,2-4H3,(H,14,15)/t8-/m1/s1. The van der Waals surface area contributed by atoms with Crippen LogP contribution in [0, 0.1) is 5.92 Å². The molecular formula is C11H17ClO4. The van der Waals surface area contributed by atoms with Gasteiger partial charge >= 0.3 is 11.9 Å². The van der Waals surface area contributed by atoms with Crippen molar-refractivity contribution in [1.82, 2.24) is 0 Å². The molecule has 0 bridgehead atoms. The molecule has 0 saturated carbocycles. The van der Waals surface area contributed by atoms with E-state index in [-0.39, 0.29) is 17.9 Å². The lowest BCUT2D eigenvalue weighted by Gasteiger charge is -2.20. The largest absolute Gasteiger partial charge is 0.481 e. The summed E-state index contributed by atoms with van der Waals surface area (Å²) in [7, 11) is 0. The summed E-state index contributed by atoms with van der Waals surface area (Å²) in [6.07, 6.45) is -0.130. The molecule has 16 heavy (non-hydrogen) atoms. The number of rotatable bonds is 5. The number of hydrogen-bond acceptors (Lipinski definition) is 3. The number of carbonyl (C=O) groups excluding carboxylic acids is 1. The van der Waals surface area contributed by atoms with Gasteiger partial charge in [0.2, 0.25) is 0 Å². The average Bonchev–Trinajstić information content (AvgIpc) is 1.97. The zero-order chi connectivity index (χ0) is 12.9. The summed E-state index contributed by atoms with van der Waals surface area (Å²) in [5.74, 6) is -2.50. The second-order valence-corrected chi connectivity index (χ2v) is 5.08. The monoisotopic (exact) mass is 248 g/mol. The lowest BCUT2D eigenvalue weighted by atomic mass is 10.0. The third kappa shape index (κ3) is 7.29. The van der Waals surface area contributed by atoms with Gasteiger partial charge in [-0.2, -0.15) is 0 Å². The minimum atomic E-state index is -1.08. The summed E-state index contributed by atoms with van der Waals surface area (Å²) in [5, 5.41) is 9.08. The zero-order valence-electron chi connectivity index (χ0n) is 9.75. The van der Waals surface area contributed by atoms with E-state index in [1.807, 2.05) is 0 Å². The van der Waals surface area contributed by atoms with Crippen molar-refractivity contribution >= 4 is 23.5 Å². The van der Waals surface area contributed by atoms with E-state index in [9.17, 15) is 9.59 Å². The number of carboxylic acid groups (broad SMARTS) is 1. The molecule has 0 aliphatic rings. The summed E-state index contributed by atoms with van der Waals surface area (Å²) in [4.78, 5) is 22.2. The molecule has 5 heteroatoms. The number of esters is 1. The first-order valence-corrected chi connectivity index (χ1v) is 5.27. The minimum Gasteiger partial charge on any atom is -0.481 e. The highest BCUT2D eigenvalue weighted by atomic mass is 35.5. The van der Waals surface area contributed by atoms with Crippen molar-refractivity contribution in [1.29, 1.82) is 0 Å². The van der Waals surface area contributed by atoms with Crippen LogP contribution in [0.1, 0.15) is 33.6 Å². The molecule has 0 spiro atoms. The molecule has 0 fully saturated rings. The quantitative estimate of drug-likeness (QED) is 0.760. The van der Waals surface area contributed by atoms with Crippen LogP contribution in [0.5, 0.6) is 0 Å². The molecule has 1 N–H and O–H groups in total. The first-order chi connectivity index (χ1) is 7.11. The van der Waals surface area contributed by atoms with Gasteiger partial charge in [0.25, 0.3) is 0 Å². The molecule has 0 rings (SSSR count). The molecule has 92 valence electrons. The Kier molecular flexibility index (Phi) is 5.51. The van der Waals surface area contributed by atoms with Crippen molar-refractivity contribution in [2.45, 2.75) is 39.2 Å². The number of hydrogen-bond donors (Lipinski definition) is 1. The summed E-state index contributed by atoms with van der Waals surface area (Å²) >= 11 is 5.52. The van der Waals surface area contributed by atoms with Crippen molar-refractivity contribution in [3.8, 4) is 0 Å². The van der Waals surface area contributed by atoms with E-state index in [2.05, 4.69) is 6.58 Å². The van der Waals surface area contributed by atoms with Crippen molar-refractivity contribution in [3.63, 3.8) is 0 Å². The maximum atomic E-state index is 11.4. The van der Waals surface area contributed by atoms with Gasteiger partial charge in [-0.3, -0.25) is 9.59 Å². The minimum absolute atomic E-state index is 0.0656. The lowest BCUT2D eigenvalue weighted by molar-refractivity contribution is -0.159. The first kappa shape index (κ1) is 15.0. The Hall–Kier alpha value is -1.03. The van der Waals surface area contributed by atoms with Gasteiger partial charge in [-0.25, -0.2) is 0 Å². The van der Waals surface area contributed by atoms with E-state index in [4.69, 9.17) is 21.4 Å². The Labute approximate surface area is 100 Å². The maximum absolute atomic E-state index is 11.4. The van der Waals surface area contributed by atoms with Gasteiger partial charge in [-0.15, -0.1) is 0 Å². The van der Waals surface area contributed by atoms with Gasteiger partial charge in [0, 0.05) is 5.03 Å². The fourth-order valence-corrected chi connectivity index (χ4v) is 1.28. The van der Waals surface area contributed by atoms with Gasteiger partial charge < -0.3 is 9.84 Å². The van der Waals surface area contributed by atoms with Crippen LogP contribution in [0.15, 0.2) is 11.6 Å². The summed E-state index contributed by atoms with van der Waals surface area (Å²) in [6, 6.07) is 0. The molecular weight excluding hydrogens is 232 g/mol. The van der Waals surface area contributed by atoms with E-state index in [0.29, 0.717) is 0 Å². The van der Waals surface area contributed by atoms with Gasteiger partial charge in [-0.1, -0.05) is 18.2 Å². The summed E-state index contributed by atoms with van der Waals surface area (Å²) in [5.41, 5.74) is -0.613. The molecule has 1 atom stereocenters. The third-order valence-electron chi connectivity index (χ3n) is 1.65. The molecule has 0 aliphatic heterocycles. The van der Waals surface area contributed by atoms with Crippen LogP contribution in [0.2, 0.25) is 0 Å². The second-order valence-electron chi connectivity index (χ2n) is 4.55. The molecule has 0 heterocycles. The van der Waals surface area contributed by atoms with Crippen LogP contribution < -0.4 is 0 Å². The van der Waals surface area contributed by atoms with E-state index in [0.717, 1.165) is 0 Å². The smallest absolute Gasteiger partial charge is 0.307 e. The highest BCUT2D eigenvalue weighted by molar-refractivity contribution is 6.29. The molecule has 0 aromatic carbocycles. The highest BCUT2D eigenvalue weighted by Crippen LogP contribution is 2.19. The Bertz CT molecular complexity index is 291. The van der Waals surface area contributed by atoms with Crippen LogP contribution >= 0.6 is 11.6 Å². The second kappa shape index (κ2) is 5.89. The molecule has 0 saturated heterocycles. The van der Waals surface area contributed by atoms with Gasteiger partial charge in [0.1, 0.15) is 5.60 Å². The molecule has 0 aromatic heterocycles. The zero-order valence-corrected chi connectivity index (χ0v) is 10.5. The Morgan fingerprint density at radius 3 is 2.19 bits per heavy atom. The Morgan fingerprint density at radius 1 is 1.38 bits per heavy atom. The number of carboxylic acids is 1. The molecule has 4 nitrogen and oxygen atoms in total. The molecule has 0 amide bonds. The van der Waals surface area contributed by atoms with Crippen LogP contribution in [0.4, 0.5) is 0 Å². The first-order valence-electron chi connectivity index (χ1n) is 4.89. The van der Waals surface area contributed by atoms with Crippen molar-refractivity contribution in [2.75, 3.05) is 0 Å². The average molecular weight is 249 g/mol. The van der Waals surface area contributed by atoms with Crippen LogP contribution in [-0.4, -0.2) is 22.6 Å². The Balaban J connectivity index is 4.35. The summed E-state index contributed by atoms with van der Waals surface area (Å²) < 4.78 is 5.02. The SMILES string of the molecule is C=C(Cl)C[C@H](CC(=O)OC(C)(C)C)C(=O)O. The summed E-state index contributed by atoms with van der Waals surface area (Å²) in [6.45, 7) is 8.58. The van der Waals surface area contributed by atoms with Gasteiger partial charge in [-0.05, 0) is 27.2 Å². The predicted molar refractivity (Wildman–Crippen MR) is 61.2 cm³/mol. The number of ether oxygens (including phenoxy) is 1. The number of halogens is 1. The molecule has 0 unspecified atom stereocenters. The Morgan fingerprint density at radius 2 is 1.88 bits per heavy atom. The fourth-order valence-electron chi connectivity index (χ4n) is 1.10. The maximum Gasteiger partial charge on any atom is 0.307 e. The predicted octanol–water partition coefficient (Wildman–Crippen LogP) is 2.56. The highest BCUT2D eigenvalue weighted by Gasteiger charge is 2.25. The fraction of sp³-hybridized carbons (Fsp3) is 0.636. The third-order valence-corrected chi connectivity index (χ3v) is 1.80. The topological polar surface area (TPSA) is 63.6 Å². The van der Waals surface area contributed by atoms with Crippen LogP contribution in [0.25, 0.3) is 0 Å². The van der Waals surface area contributed by atoms with E-state index >= 15 is 0 Å². The van der Waals surface area contributed by atoms with Crippen molar-refractivity contribution in [2.24, 2.45) is 5.92 Å². The lowest BCUT2D eigenvalue weighted by Crippen LogP contribution is -2.27. The van der Waals surface area contributed by atoms with E-state index in [1.165, 1.54) is 0 Å². The van der Waals surface area contributed by atoms with Crippen LogP contribution in [-0.2, 0) is 14.3 Å². The number of aliphatic carboxylic acids is 1. The van der Waals surface area contributed by atoms with Gasteiger partial charge in [0.05, 0.1) is 12.3 Å². The molecule has 0 aliphatic carbocycles. The van der Waals surface area contributed by atoms with Crippen LogP contribution in [0.3, 0.4) is 0 Å². The van der Waals surface area contributed by atoms with Crippen molar-refractivity contribution in [3.05, 3.63) is 11.6 Å². The van der Waals surface area contributed by atoms with Crippen molar-refractivity contribution < 1.29 is 19.4 Å². The number of allylic oxidation sites excluding steroid dienone is 1.